The first-order valence-corrected chi connectivity index (χ1v) is 14.7. The fourth-order valence-corrected chi connectivity index (χ4v) is 4.73. The molecule has 1 aliphatic heterocycles. The van der Waals surface area contributed by atoms with Crippen molar-refractivity contribution in [3.05, 3.63) is 60.2 Å². The van der Waals surface area contributed by atoms with E-state index >= 15 is 0 Å². The van der Waals surface area contributed by atoms with E-state index < -0.39 is 25.1 Å². The van der Waals surface area contributed by atoms with E-state index in [1.165, 1.54) is 18.6 Å². The van der Waals surface area contributed by atoms with Gasteiger partial charge >= 0.3 is 13.2 Å². The molecular weight excluding hydrogens is 537 g/mol. The van der Waals surface area contributed by atoms with E-state index in [4.69, 9.17) is 14.0 Å². The number of nitrogens with zero attached hydrogens (tertiary/aromatic N) is 3. The Hall–Kier alpha value is -3.35. The van der Waals surface area contributed by atoms with Crippen molar-refractivity contribution in [3.8, 4) is 0 Å². The quantitative estimate of drug-likeness (QED) is 0.255. The van der Waals surface area contributed by atoms with Crippen LogP contribution in [-0.4, -0.2) is 91.2 Å². The molecule has 0 aliphatic carbocycles. The minimum atomic E-state index is -0.625. The summed E-state index contributed by atoms with van der Waals surface area (Å²) in [6, 6.07) is 9.68. The number of alkyl carbamates (subject to hydrolysis) is 1. The lowest BCUT2D eigenvalue weighted by molar-refractivity contribution is -0.125. The molecule has 0 radical (unpaired) electrons. The molecule has 12 heteroatoms. The summed E-state index contributed by atoms with van der Waals surface area (Å²) in [5, 5.41) is 5.87. The van der Waals surface area contributed by atoms with Crippen molar-refractivity contribution in [2.75, 3.05) is 39.5 Å². The Bertz CT molecular complexity index is 1100. The molecule has 2 heterocycles. The first-order valence-electron chi connectivity index (χ1n) is 14.7. The molecule has 2 amide bonds. The lowest BCUT2D eigenvalue weighted by atomic mass is 9.73. The molecule has 2 aromatic rings. The Balaban J connectivity index is 1.61. The van der Waals surface area contributed by atoms with Gasteiger partial charge in [-0.25, -0.2) is 9.78 Å². The van der Waals surface area contributed by atoms with Crippen molar-refractivity contribution >= 4 is 24.9 Å². The summed E-state index contributed by atoms with van der Waals surface area (Å²) in [6.07, 6.45) is 5.04. The number of carbonyl (C=O) groups is 3. The number of nitrogens with one attached hydrogen (secondary N) is 2. The van der Waals surface area contributed by atoms with Gasteiger partial charge in [-0.15, -0.1) is 0 Å². The summed E-state index contributed by atoms with van der Waals surface area (Å²) in [4.78, 5) is 48.7. The first kappa shape index (κ1) is 33.2. The van der Waals surface area contributed by atoms with Gasteiger partial charge in [-0.2, -0.15) is 0 Å². The lowest BCUT2D eigenvalue weighted by Crippen LogP contribution is -2.54. The van der Waals surface area contributed by atoms with Crippen molar-refractivity contribution in [1.29, 1.82) is 0 Å². The number of hydrogen-bond acceptors (Lipinski definition) is 9. The standard InChI is InChI=1S/C30H44BN5O6/c1-22(2)18-28(31-41-16-13-36(14-17-42-31)12-15-40-30(39)34-23(3)4)35-29(38)25(19-24-8-6-5-7-9-24)20-27(37)26-21-32-10-11-33-26/h5-11,21-23,25,28H,12-20H2,1-4H3,(H,34,39)(H,35,38). The number of benzene rings is 1. The van der Waals surface area contributed by atoms with Crippen LogP contribution in [-0.2, 0) is 25.3 Å². The third kappa shape index (κ3) is 11.9. The van der Waals surface area contributed by atoms with Crippen LogP contribution >= 0.6 is 0 Å². The molecule has 11 nitrogen and oxygen atoms in total. The Morgan fingerprint density at radius 1 is 1.02 bits per heavy atom. The van der Waals surface area contributed by atoms with E-state index in [2.05, 4.69) is 39.3 Å². The average molecular weight is 582 g/mol. The largest absolute Gasteiger partial charge is 0.480 e. The summed E-state index contributed by atoms with van der Waals surface area (Å²) in [5.74, 6) is -1.18. The molecule has 42 heavy (non-hydrogen) atoms. The topological polar surface area (TPSA) is 132 Å². The zero-order valence-corrected chi connectivity index (χ0v) is 25.2. The van der Waals surface area contributed by atoms with E-state index in [0.29, 0.717) is 45.7 Å². The minimum absolute atomic E-state index is 0.00637. The Morgan fingerprint density at radius 3 is 2.36 bits per heavy atom. The Kier molecular flexibility index (Phi) is 13.9. The maximum atomic E-state index is 13.7. The second kappa shape index (κ2) is 17.6. The molecule has 2 N–H and O–H groups in total. The molecule has 1 aliphatic rings. The number of Topliss-reactive ketones (excluding diaryl/α,β-unsaturated/α-hetero) is 1. The van der Waals surface area contributed by atoms with E-state index in [9.17, 15) is 14.4 Å². The summed E-state index contributed by atoms with van der Waals surface area (Å²) in [6.45, 7) is 10.8. The summed E-state index contributed by atoms with van der Waals surface area (Å²) in [5.41, 5.74) is 1.21. The fraction of sp³-hybridized carbons (Fsp3) is 0.567. The molecule has 0 bridgehead atoms. The number of ether oxygens (including phenoxy) is 1. The van der Waals surface area contributed by atoms with Crippen LogP contribution in [0.25, 0.3) is 0 Å². The van der Waals surface area contributed by atoms with Crippen molar-refractivity contribution < 1.29 is 28.4 Å². The van der Waals surface area contributed by atoms with Gasteiger partial charge in [0.05, 0.1) is 12.1 Å². The first-order chi connectivity index (χ1) is 20.2. The molecule has 2 unspecified atom stereocenters. The van der Waals surface area contributed by atoms with Crippen molar-refractivity contribution in [3.63, 3.8) is 0 Å². The third-order valence-corrected chi connectivity index (χ3v) is 6.78. The number of rotatable bonds is 14. The highest BCUT2D eigenvalue weighted by Crippen LogP contribution is 2.18. The number of aromatic nitrogens is 2. The molecule has 1 fully saturated rings. The van der Waals surface area contributed by atoms with Gasteiger partial charge in [-0.05, 0) is 38.2 Å². The zero-order chi connectivity index (χ0) is 30.3. The van der Waals surface area contributed by atoms with Crippen LogP contribution in [0.15, 0.2) is 48.9 Å². The van der Waals surface area contributed by atoms with Crippen LogP contribution in [0.3, 0.4) is 0 Å². The number of carbonyl (C=O) groups excluding carboxylic acids is 3. The Labute approximate surface area is 249 Å². The number of amides is 2. The molecule has 3 rings (SSSR count). The smallest absolute Gasteiger partial charge is 0.448 e. The number of hydrogen-bond donors (Lipinski definition) is 2. The molecule has 228 valence electrons. The second-order valence-corrected chi connectivity index (χ2v) is 11.2. The van der Waals surface area contributed by atoms with E-state index in [0.717, 1.165) is 5.56 Å². The van der Waals surface area contributed by atoms with E-state index in [1.807, 2.05) is 44.2 Å². The Morgan fingerprint density at radius 2 is 1.74 bits per heavy atom. The highest BCUT2D eigenvalue weighted by molar-refractivity contribution is 6.47. The summed E-state index contributed by atoms with van der Waals surface area (Å²) < 4.78 is 17.5. The molecule has 1 aromatic heterocycles. The van der Waals surface area contributed by atoms with Gasteiger partial charge < -0.3 is 24.7 Å². The van der Waals surface area contributed by atoms with Crippen LogP contribution in [0.5, 0.6) is 0 Å². The SMILES string of the molecule is CC(C)CC(NC(=O)C(CC(=O)c1cnccn1)Cc1ccccc1)B1OCCN(CCOC(=O)NC(C)C)CCO1. The molecule has 1 aromatic carbocycles. The number of ketones is 1. The molecule has 0 saturated carbocycles. The summed E-state index contributed by atoms with van der Waals surface area (Å²) >= 11 is 0. The zero-order valence-electron chi connectivity index (χ0n) is 25.2. The molecule has 0 spiro atoms. The minimum Gasteiger partial charge on any atom is -0.448 e. The van der Waals surface area contributed by atoms with Gasteiger partial charge in [-0.1, -0.05) is 44.2 Å². The van der Waals surface area contributed by atoms with Crippen molar-refractivity contribution in [2.24, 2.45) is 11.8 Å². The normalized spacial score (nSPS) is 15.9. The fourth-order valence-electron chi connectivity index (χ4n) is 4.73. The van der Waals surface area contributed by atoms with Crippen LogP contribution in [0.2, 0.25) is 0 Å². The monoisotopic (exact) mass is 581 g/mol. The molecule has 1 saturated heterocycles. The lowest BCUT2D eigenvalue weighted by Gasteiger charge is -2.31. The van der Waals surface area contributed by atoms with Crippen LogP contribution < -0.4 is 10.6 Å². The average Bonchev–Trinajstić information content (AvgIpc) is 2.93. The van der Waals surface area contributed by atoms with Gasteiger partial charge in [0.15, 0.2) is 5.78 Å². The molecule has 2 atom stereocenters. The van der Waals surface area contributed by atoms with Crippen molar-refractivity contribution in [2.45, 2.75) is 58.9 Å². The highest BCUT2D eigenvalue weighted by atomic mass is 16.6. The van der Waals surface area contributed by atoms with Gasteiger partial charge in [-0.3, -0.25) is 19.5 Å². The predicted molar refractivity (Wildman–Crippen MR) is 160 cm³/mol. The van der Waals surface area contributed by atoms with Gasteiger partial charge in [0.2, 0.25) is 5.91 Å². The second-order valence-electron chi connectivity index (χ2n) is 11.2. The van der Waals surface area contributed by atoms with Gasteiger partial charge in [0.25, 0.3) is 0 Å². The maximum Gasteiger partial charge on any atom is 0.480 e. The maximum absolute atomic E-state index is 13.7. The van der Waals surface area contributed by atoms with Gasteiger partial charge in [0.1, 0.15) is 12.3 Å². The van der Waals surface area contributed by atoms with Crippen LogP contribution in [0.4, 0.5) is 4.79 Å². The van der Waals surface area contributed by atoms with E-state index in [-0.39, 0.29) is 42.4 Å². The molecular formula is C30H44BN5O6. The predicted octanol–water partition coefficient (Wildman–Crippen LogP) is 2.95. The highest BCUT2D eigenvalue weighted by Gasteiger charge is 2.35. The third-order valence-electron chi connectivity index (χ3n) is 6.78. The van der Waals surface area contributed by atoms with Crippen LogP contribution in [0, 0.1) is 11.8 Å². The van der Waals surface area contributed by atoms with Crippen LogP contribution in [0.1, 0.15) is 56.6 Å². The van der Waals surface area contributed by atoms with E-state index in [1.54, 1.807) is 0 Å². The summed E-state index contributed by atoms with van der Waals surface area (Å²) in [7, 11) is -0.625. The van der Waals surface area contributed by atoms with Gasteiger partial charge in [0, 0.05) is 63.6 Å². The van der Waals surface area contributed by atoms with Crippen molar-refractivity contribution in [1.82, 2.24) is 25.5 Å².